The zero-order valence-electron chi connectivity index (χ0n) is 16.0. The SMILES string of the molecule is Cc1ccc(C)c(NC(=O)CSc2nnc(NC(=O)c3cccc([N+](=O)[O-])c3)s2)c1. The van der Waals surface area contributed by atoms with Gasteiger partial charge in [0.25, 0.3) is 11.6 Å². The van der Waals surface area contributed by atoms with Gasteiger partial charge in [-0.3, -0.25) is 25.0 Å². The molecule has 2 amide bonds. The second kappa shape index (κ2) is 9.46. The van der Waals surface area contributed by atoms with Crippen LogP contribution in [0.15, 0.2) is 46.8 Å². The van der Waals surface area contributed by atoms with Crippen molar-refractivity contribution in [1.82, 2.24) is 10.2 Å². The fourth-order valence-corrected chi connectivity index (χ4v) is 3.98. The van der Waals surface area contributed by atoms with Crippen LogP contribution in [0.4, 0.5) is 16.5 Å². The summed E-state index contributed by atoms with van der Waals surface area (Å²) in [6.07, 6.45) is 0. The molecule has 0 aliphatic rings. The van der Waals surface area contributed by atoms with Gasteiger partial charge < -0.3 is 5.32 Å². The van der Waals surface area contributed by atoms with Crippen molar-refractivity contribution < 1.29 is 14.5 Å². The van der Waals surface area contributed by atoms with E-state index in [2.05, 4.69) is 20.8 Å². The Morgan fingerprint density at radius 2 is 1.93 bits per heavy atom. The van der Waals surface area contributed by atoms with Crippen LogP contribution in [0, 0.1) is 24.0 Å². The number of carbonyl (C=O) groups excluding carboxylic acids is 2. The normalized spacial score (nSPS) is 10.5. The number of nitrogens with one attached hydrogen (secondary N) is 2. The number of hydrogen-bond donors (Lipinski definition) is 2. The maximum absolute atomic E-state index is 12.3. The summed E-state index contributed by atoms with van der Waals surface area (Å²) in [5.41, 5.74) is 2.76. The molecule has 0 aliphatic carbocycles. The zero-order valence-corrected chi connectivity index (χ0v) is 17.7. The summed E-state index contributed by atoms with van der Waals surface area (Å²) in [6, 6.07) is 11.2. The van der Waals surface area contributed by atoms with Crippen LogP contribution in [-0.4, -0.2) is 32.7 Å². The van der Waals surface area contributed by atoms with E-state index >= 15 is 0 Å². The number of amides is 2. The summed E-state index contributed by atoms with van der Waals surface area (Å²) in [7, 11) is 0. The number of hydrogen-bond acceptors (Lipinski definition) is 8. The second-order valence-corrected chi connectivity index (χ2v) is 8.49. The molecule has 0 unspecified atom stereocenters. The monoisotopic (exact) mass is 443 g/mol. The fraction of sp³-hybridized carbons (Fsp3) is 0.158. The first-order chi connectivity index (χ1) is 14.3. The minimum Gasteiger partial charge on any atom is -0.325 e. The van der Waals surface area contributed by atoms with Gasteiger partial charge in [0.05, 0.1) is 10.7 Å². The Labute approximate surface area is 180 Å². The summed E-state index contributed by atoms with van der Waals surface area (Å²) in [6.45, 7) is 3.87. The highest BCUT2D eigenvalue weighted by atomic mass is 32.2. The summed E-state index contributed by atoms with van der Waals surface area (Å²) >= 11 is 2.32. The highest BCUT2D eigenvalue weighted by Gasteiger charge is 2.15. The number of nitro groups is 1. The lowest BCUT2D eigenvalue weighted by Crippen LogP contribution is -2.14. The highest BCUT2D eigenvalue weighted by molar-refractivity contribution is 8.01. The first-order valence-electron chi connectivity index (χ1n) is 8.71. The largest absolute Gasteiger partial charge is 0.325 e. The van der Waals surface area contributed by atoms with Crippen molar-refractivity contribution in [3.8, 4) is 0 Å². The van der Waals surface area contributed by atoms with E-state index in [1.54, 1.807) is 0 Å². The fourth-order valence-electron chi connectivity index (χ4n) is 2.43. The number of non-ortho nitro benzene ring substituents is 1. The molecule has 0 saturated heterocycles. The summed E-state index contributed by atoms with van der Waals surface area (Å²) in [5, 5.41) is 24.3. The van der Waals surface area contributed by atoms with E-state index in [1.165, 1.54) is 36.0 Å². The maximum atomic E-state index is 12.3. The molecule has 0 radical (unpaired) electrons. The lowest BCUT2D eigenvalue weighted by atomic mass is 10.1. The Morgan fingerprint density at radius 3 is 2.70 bits per heavy atom. The Morgan fingerprint density at radius 1 is 1.13 bits per heavy atom. The smallest absolute Gasteiger partial charge is 0.270 e. The van der Waals surface area contributed by atoms with Crippen molar-refractivity contribution in [2.75, 3.05) is 16.4 Å². The minimum atomic E-state index is -0.570. The Kier molecular flexibility index (Phi) is 6.75. The van der Waals surface area contributed by atoms with Gasteiger partial charge in [0.1, 0.15) is 0 Å². The Bertz CT molecular complexity index is 1120. The van der Waals surface area contributed by atoms with E-state index in [-0.39, 0.29) is 28.0 Å². The van der Waals surface area contributed by atoms with Gasteiger partial charge in [0.15, 0.2) is 4.34 Å². The Hall–Kier alpha value is -3.31. The predicted octanol–water partition coefficient (Wildman–Crippen LogP) is 4.05. The van der Waals surface area contributed by atoms with Crippen molar-refractivity contribution in [1.29, 1.82) is 0 Å². The van der Waals surface area contributed by atoms with E-state index < -0.39 is 10.8 Å². The molecule has 2 aromatic carbocycles. The van der Waals surface area contributed by atoms with Gasteiger partial charge in [-0.1, -0.05) is 41.3 Å². The van der Waals surface area contributed by atoms with Crippen LogP contribution in [0.25, 0.3) is 0 Å². The third-order valence-electron chi connectivity index (χ3n) is 3.94. The molecule has 0 spiro atoms. The maximum Gasteiger partial charge on any atom is 0.270 e. The number of carbonyl (C=O) groups is 2. The molecule has 30 heavy (non-hydrogen) atoms. The molecule has 0 saturated carbocycles. The van der Waals surface area contributed by atoms with Crippen molar-refractivity contribution in [3.05, 3.63) is 69.3 Å². The molecule has 2 N–H and O–H groups in total. The van der Waals surface area contributed by atoms with Gasteiger partial charge in [-0.15, -0.1) is 10.2 Å². The van der Waals surface area contributed by atoms with Crippen LogP contribution in [0.2, 0.25) is 0 Å². The van der Waals surface area contributed by atoms with E-state index in [0.29, 0.717) is 4.34 Å². The first-order valence-corrected chi connectivity index (χ1v) is 10.5. The number of aryl methyl sites for hydroxylation is 2. The molecule has 0 bridgehead atoms. The number of aromatic nitrogens is 2. The van der Waals surface area contributed by atoms with E-state index in [1.807, 2.05) is 32.0 Å². The topological polar surface area (TPSA) is 127 Å². The summed E-state index contributed by atoms with van der Waals surface area (Å²) < 4.78 is 0.514. The Balaban J connectivity index is 1.55. The number of nitro benzene ring substituents is 1. The molecular formula is C19H17N5O4S2. The average Bonchev–Trinajstić information content (AvgIpc) is 3.16. The van der Waals surface area contributed by atoms with Gasteiger partial charge in [0, 0.05) is 23.4 Å². The molecular weight excluding hydrogens is 426 g/mol. The van der Waals surface area contributed by atoms with E-state index in [0.717, 1.165) is 28.2 Å². The second-order valence-electron chi connectivity index (χ2n) is 6.29. The molecule has 9 nitrogen and oxygen atoms in total. The van der Waals surface area contributed by atoms with Gasteiger partial charge in [-0.05, 0) is 37.1 Å². The highest BCUT2D eigenvalue weighted by Crippen LogP contribution is 2.26. The number of benzene rings is 2. The number of nitrogens with zero attached hydrogens (tertiary/aromatic N) is 3. The quantitative estimate of drug-likeness (QED) is 0.244. The van der Waals surface area contributed by atoms with Gasteiger partial charge in [-0.2, -0.15) is 0 Å². The average molecular weight is 444 g/mol. The predicted molar refractivity (Wildman–Crippen MR) is 116 cm³/mol. The molecule has 11 heteroatoms. The van der Waals surface area contributed by atoms with Crippen LogP contribution in [0.5, 0.6) is 0 Å². The number of anilines is 2. The van der Waals surface area contributed by atoms with Crippen molar-refractivity contribution >= 4 is 51.4 Å². The van der Waals surface area contributed by atoms with Crippen molar-refractivity contribution in [2.24, 2.45) is 0 Å². The van der Waals surface area contributed by atoms with Crippen LogP contribution < -0.4 is 10.6 Å². The van der Waals surface area contributed by atoms with Gasteiger partial charge in [0.2, 0.25) is 11.0 Å². The third kappa shape index (κ3) is 5.61. The number of rotatable bonds is 7. The van der Waals surface area contributed by atoms with Crippen LogP contribution in [0.3, 0.4) is 0 Å². The molecule has 1 aromatic heterocycles. The van der Waals surface area contributed by atoms with Crippen LogP contribution in [-0.2, 0) is 4.79 Å². The third-order valence-corrected chi connectivity index (χ3v) is 5.91. The lowest BCUT2D eigenvalue weighted by molar-refractivity contribution is -0.384. The van der Waals surface area contributed by atoms with E-state index in [9.17, 15) is 19.7 Å². The zero-order chi connectivity index (χ0) is 21.7. The van der Waals surface area contributed by atoms with Crippen LogP contribution >= 0.6 is 23.1 Å². The summed E-state index contributed by atoms with van der Waals surface area (Å²) in [4.78, 5) is 34.7. The molecule has 0 atom stereocenters. The molecule has 3 aromatic rings. The minimum absolute atomic E-state index is 0.140. The molecule has 0 fully saturated rings. The van der Waals surface area contributed by atoms with Gasteiger partial charge in [-0.25, -0.2) is 0 Å². The van der Waals surface area contributed by atoms with E-state index in [4.69, 9.17) is 0 Å². The lowest BCUT2D eigenvalue weighted by Gasteiger charge is -2.08. The number of thioether (sulfide) groups is 1. The van der Waals surface area contributed by atoms with Crippen molar-refractivity contribution in [3.63, 3.8) is 0 Å². The standard InChI is InChI=1S/C19H17N5O4S2/c1-11-6-7-12(2)15(8-11)20-16(25)10-29-19-23-22-18(30-19)21-17(26)13-4-3-5-14(9-13)24(27)28/h3-9H,10H2,1-2H3,(H,20,25)(H,21,22,26). The van der Waals surface area contributed by atoms with Crippen LogP contribution in [0.1, 0.15) is 21.5 Å². The molecule has 1 heterocycles. The van der Waals surface area contributed by atoms with Crippen molar-refractivity contribution in [2.45, 2.75) is 18.2 Å². The summed E-state index contributed by atoms with van der Waals surface area (Å²) in [5.74, 6) is -0.564. The molecule has 154 valence electrons. The first kappa shape index (κ1) is 21.4. The van der Waals surface area contributed by atoms with Gasteiger partial charge >= 0.3 is 0 Å². The molecule has 3 rings (SSSR count). The molecule has 0 aliphatic heterocycles.